The number of aromatic nitrogens is 3. The van der Waals surface area contributed by atoms with Gasteiger partial charge in [-0.15, -0.1) is 11.3 Å². The number of rotatable bonds is 4. The molecule has 0 saturated carbocycles. The minimum absolute atomic E-state index is 0.0626. The Morgan fingerprint density at radius 2 is 2.47 bits per heavy atom. The van der Waals surface area contributed by atoms with Crippen LogP contribution in [0.25, 0.3) is 0 Å². The van der Waals surface area contributed by atoms with Crippen molar-refractivity contribution >= 4 is 34.1 Å². The van der Waals surface area contributed by atoms with Gasteiger partial charge in [-0.05, 0) is 6.92 Å². The minimum atomic E-state index is -0.0626. The fraction of sp³-hybridized carbons (Fsp3) is 0.300. The summed E-state index contributed by atoms with van der Waals surface area (Å²) in [6, 6.07) is 0. The zero-order valence-electron chi connectivity index (χ0n) is 9.51. The Morgan fingerprint density at radius 3 is 3.06 bits per heavy atom. The Labute approximate surface area is 107 Å². The smallest absolute Gasteiger partial charge is 0.236 e. The summed E-state index contributed by atoms with van der Waals surface area (Å²) in [5.41, 5.74) is 0.919. The van der Waals surface area contributed by atoms with Crippen LogP contribution in [0.4, 0.5) is 5.13 Å². The second kappa shape index (κ2) is 5.33. The van der Waals surface area contributed by atoms with E-state index in [2.05, 4.69) is 15.3 Å². The van der Waals surface area contributed by atoms with Crippen molar-refractivity contribution < 1.29 is 4.79 Å². The Bertz CT molecular complexity index is 520. The Balaban J connectivity index is 1.84. The van der Waals surface area contributed by atoms with E-state index in [0.29, 0.717) is 10.9 Å². The average molecular weight is 268 g/mol. The molecule has 90 valence electrons. The summed E-state index contributed by atoms with van der Waals surface area (Å²) in [6.45, 7) is 1.90. The Hall–Kier alpha value is -1.34. The van der Waals surface area contributed by atoms with Gasteiger partial charge in [-0.1, -0.05) is 11.8 Å². The normalized spacial score (nSPS) is 10.5. The molecule has 0 aliphatic rings. The third-order valence-corrected chi connectivity index (χ3v) is 3.91. The summed E-state index contributed by atoms with van der Waals surface area (Å²) < 4.78 is 1.88. The third-order valence-electron chi connectivity index (χ3n) is 1.97. The standard InChI is InChI=1S/C10H12N4OS2/c1-7-5-16-9(12-7)13-8(15)6-17-10-11-3-4-14(10)2/h3-5H,6H2,1-2H3,(H,12,13,15). The predicted octanol–water partition coefficient (Wildman–Crippen LogP) is 1.92. The van der Waals surface area contributed by atoms with E-state index in [1.54, 1.807) is 6.20 Å². The van der Waals surface area contributed by atoms with E-state index < -0.39 is 0 Å². The lowest BCUT2D eigenvalue weighted by Crippen LogP contribution is -2.14. The van der Waals surface area contributed by atoms with E-state index in [9.17, 15) is 4.79 Å². The van der Waals surface area contributed by atoms with Crippen LogP contribution < -0.4 is 5.32 Å². The van der Waals surface area contributed by atoms with Crippen molar-refractivity contribution in [2.24, 2.45) is 7.05 Å². The molecule has 0 aromatic carbocycles. The highest BCUT2D eigenvalue weighted by molar-refractivity contribution is 7.99. The van der Waals surface area contributed by atoms with E-state index in [1.807, 2.05) is 30.1 Å². The van der Waals surface area contributed by atoms with Crippen LogP contribution in [0.2, 0.25) is 0 Å². The number of aryl methyl sites for hydroxylation is 2. The zero-order valence-corrected chi connectivity index (χ0v) is 11.1. The first-order valence-corrected chi connectivity index (χ1v) is 6.84. The number of anilines is 1. The molecule has 0 radical (unpaired) electrons. The molecule has 0 fully saturated rings. The molecule has 7 heteroatoms. The van der Waals surface area contributed by atoms with Crippen LogP contribution in [0.15, 0.2) is 22.9 Å². The van der Waals surface area contributed by atoms with E-state index in [-0.39, 0.29) is 5.91 Å². The first-order valence-electron chi connectivity index (χ1n) is 4.97. The molecule has 1 amide bonds. The number of hydrogen-bond donors (Lipinski definition) is 1. The second-order valence-electron chi connectivity index (χ2n) is 3.45. The summed E-state index contributed by atoms with van der Waals surface area (Å²) >= 11 is 2.84. The van der Waals surface area contributed by atoms with Crippen molar-refractivity contribution in [3.05, 3.63) is 23.5 Å². The maximum atomic E-state index is 11.6. The summed E-state index contributed by atoms with van der Waals surface area (Å²) in [6.07, 6.45) is 3.56. The molecule has 2 rings (SSSR count). The van der Waals surface area contributed by atoms with Crippen LogP contribution in [0, 0.1) is 6.92 Å². The highest BCUT2D eigenvalue weighted by Gasteiger charge is 2.08. The van der Waals surface area contributed by atoms with Crippen molar-refractivity contribution in [2.45, 2.75) is 12.1 Å². The molecule has 0 saturated heterocycles. The number of hydrogen-bond acceptors (Lipinski definition) is 5. The molecule has 0 bridgehead atoms. The molecular weight excluding hydrogens is 256 g/mol. The fourth-order valence-corrected chi connectivity index (χ4v) is 2.62. The summed E-state index contributed by atoms with van der Waals surface area (Å²) in [5.74, 6) is 0.274. The average Bonchev–Trinajstić information content (AvgIpc) is 2.85. The number of thiazole rings is 1. The Morgan fingerprint density at radius 1 is 1.65 bits per heavy atom. The molecule has 2 aromatic heterocycles. The van der Waals surface area contributed by atoms with Gasteiger partial charge in [0.2, 0.25) is 5.91 Å². The lowest BCUT2D eigenvalue weighted by atomic mass is 10.6. The van der Waals surface area contributed by atoms with Crippen LogP contribution in [-0.4, -0.2) is 26.2 Å². The molecule has 0 atom stereocenters. The number of nitrogens with one attached hydrogen (secondary N) is 1. The fourth-order valence-electron chi connectivity index (χ4n) is 1.19. The number of carbonyl (C=O) groups is 1. The molecule has 2 aromatic rings. The van der Waals surface area contributed by atoms with Gasteiger partial charge in [-0.3, -0.25) is 4.79 Å². The molecule has 2 heterocycles. The van der Waals surface area contributed by atoms with Crippen molar-refractivity contribution in [3.8, 4) is 0 Å². The summed E-state index contributed by atoms with van der Waals surface area (Å²) in [7, 11) is 1.90. The topological polar surface area (TPSA) is 59.8 Å². The number of thioether (sulfide) groups is 1. The zero-order chi connectivity index (χ0) is 12.3. The molecule has 1 N–H and O–H groups in total. The molecule has 17 heavy (non-hydrogen) atoms. The van der Waals surface area contributed by atoms with Crippen molar-refractivity contribution in [1.82, 2.24) is 14.5 Å². The van der Waals surface area contributed by atoms with Gasteiger partial charge in [-0.25, -0.2) is 9.97 Å². The van der Waals surface area contributed by atoms with Gasteiger partial charge in [0.1, 0.15) is 0 Å². The lowest BCUT2D eigenvalue weighted by Gasteiger charge is -2.01. The van der Waals surface area contributed by atoms with Gasteiger partial charge in [0.05, 0.1) is 11.4 Å². The van der Waals surface area contributed by atoms with E-state index in [1.165, 1.54) is 23.1 Å². The van der Waals surface area contributed by atoms with Crippen molar-refractivity contribution in [3.63, 3.8) is 0 Å². The van der Waals surface area contributed by atoms with Gasteiger partial charge in [0.25, 0.3) is 0 Å². The van der Waals surface area contributed by atoms with Gasteiger partial charge in [-0.2, -0.15) is 0 Å². The number of imidazole rings is 1. The van der Waals surface area contributed by atoms with Crippen LogP contribution >= 0.6 is 23.1 Å². The largest absolute Gasteiger partial charge is 0.329 e. The predicted molar refractivity (Wildman–Crippen MR) is 69.4 cm³/mol. The maximum Gasteiger partial charge on any atom is 0.236 e. The SMILES string of the molecule is Cc1csc(NC(=O)CSc2nccn2C)n1. The van der Waals surface area contributed by atoms with Crippen LogP contribution in [-0.2, 0) is 11.8 Å². The Kier molecular flexibility index (Phi) is 3.80. The van der Waals surface area contributed by atoms with E-state index in [0.717, 1.165) is 10.9 Å². The van der Waals surface area contributed by atoms with E-state index in [4.69, 9.17) is 0 Å². The van der Waals surface area contributed by atoms with Gasteiger partial charge in [0, 0.05) is 24.8 Å². The van der Waals surface area contributed by atoms with Crippen LogP contribution in [0.3, 0.4) is 0 Å². The molecule has 0 spiro atoms. The number of amides is 1. The molecular formula is C10H12N4OS2. The lowest BCUT2D eigenvalue weighted by molar-refractivity contribution is -0.113. The molecule has 0 aliphatic heterocycles. The van der Waals surface area contributed by atoms with Gasteiger partial charge < -0.3 is 9.88 Å². The van der Waals surface area contributed by atoms with Crippen molar-refractivity contribution in [1.29, 1.82) is 0 Å². The molecule has 5 nitrogen and oxygen atoms in total. The first-order chi connectivity index (χ1) is 8.15. The summed E-state index contributed by atoms with van der Waals surface area (Å²) in [4.78, 5) is 19.9. The minimum Gasteiger partial charge on any atom is -0.329 e. The highest BCUT2D eigenvalue weighted by Crippen LogP contribution is 2.17. The second-order valence-corrected chi connectivity index (χ2v) is 5.25. The quantitative estimate of drug-likeness (QED) is 0.861. The molecule has 0 unspecified atom stereocenters. The first kappa shape index (κ1) is 12.1. The molecule has 0 aliphatic carbocycles. The number of carbonyl (C=O) groups excluding carboxylic acids is 1. The highest BCUT2D eigenvalue weighted by atomic mass is 32.2. The van der Waals surface area contributed by atoms with Crippen LogP contribution in [0.5, 0.6) is 0 Å². The monoisotopic (exact) mass is 268 g/mol. The van der Waals surface area contributed by atoms with Crippen molar-refractivity contribution in [2.75, 3.05) is 11.1 Å². The van der Waals surface area contributed by atoms with E-state index >= 15 is 0 Å². The van der Waals surface area contributed by atoms with Gasteiger partial charge >= 0.3 is 0 Å². The van der Waals surface area contributed by atoms with Crippen LogP contribution in [0.1, 0.15) is 5.69 Å². The maximum absolute atomic E-state index is 11.6. The van der Waals surface area contributed by atoms with Gasteiger partial charge in [0.15, 0.2) is 10.3 Å². The summed E-state index contributed by atoms with van der Waals surface area (Å²) in [5, 5.41) is 6.13. The third kappa shape index (κ3) is 3.31. The number of nitrogens with zero attached hydrogens (tertiary/aromatic N) is 3.